The van der Waals surface area contributed by atoms with Gasteiger partial charge in [0.1, 0.15) is 5.60 Å². The van der Waals surface area contributed by atoms with Crippen LogP contribution >= 0.6 is 0 Å². The van der Waals surface area contributed by atoms with Gasteiger partial charge in [-0.2, -0.15) is 0 Å². The van der Waals surface area contributed by atoms with E-state index in [9.17, 15) is 13.2 Å². The van der Waals surface area contributed by atoms with Gasteiger partial charge in [-0.1, -0.05) is 0 Å². The van der Waals surface area contributed by atoms with Crippen molar-refractivity contribution >= 4 is 21.8 Å². The van der Waals surface area contributed by atoms with Gasteiger partial charge < -0.3 is 15.4 Å². The average Bonchev–Trinajstić information content (AvgIpc) is 2.32. The second kappa shape index (κ2) is 6.77. The fraction of sp³-hybridized carbons (Fsp3) is 0.462. The molecule has 0 aromatic heterocycles. The molecule has 1 aromatic carbocycles. The summed E-state index contributed by atoms with van der Waals surface area (Å²) in [6.07, 6.45) is -0.478. The molecule has 0 aliphatic carbocycles. The van der Waals surface area contributed by atoms with Crippen molar-refractivity contribution in [3.63, 3.8) is 0 Å². The Balaban J connectivity index is 2.35. The lowest BCUT2D eigenvalue weighted by Crippen LogP contribution is -2.34. The molecule has 0 radical (unpaired) electrons. The second-order valence-electron chi connectivity index (χ2n) is 5.42. The minimum absolute atomic E-state index is 0.0555. The van der Waals surface area contributed by atoms with E-state index in [1.807, 2.05) is 0 Å². The fourth-order valence-electron chi connectivity index (χ4n) is 1.45. The number of carbonyl (C=O) groups is 1. The van der Waals surface area contributed by atoms with Crippen molar-refractivity contribution < 1.29 is 17.9 Å². The highest BCUT2D eigenvalue weighted by Crippen LogP contribution is 2.12. The van der Waals surface area contributed by atoms with Gasteiger partial charge in [-0.3, -0.25) is 0 Å². The molecular formula is C13H21N3O4S. The predicted molar refractivity (Wildman–Crippen MR) is 80.5 cm³/mol. The van der Waals surface area contributed by atoms with Gasteiger partial charge in [0.2, 0.25) is 10.0 Å². The van der Waals surface area contributed by atoms with E-state index < -0.39 is 21.7 Å². The van der Waals surface area contributed by atoms with Crippen LogP contribution in [0.15, 0.2) is 29.2 Å². The molecule has 7 nitrogen and oxygen atoms in total. The molecule has 1 rings (SSSR count). The first kappa shape index (κ1) is 17.3. The highest BCUT2D eigenvalue weighted by Gasteiger charge is 2.15. The first-order chi connectivity index (χ1) is 9.58. The molecule has 1 amide bonds. The quantitative estimate of drug-likeness (QED) is 0.709. The average molecular weight is 315 g/mol. The summed E-state index contributed by atoms with van der Waals surface area (Å²) in [4.78, 5) is 11.4. The third kappa shape index (κ3) is 6.96. The van der Waals surface area contributed by atoms with Crippen molar-refractivity contribution in [3.8, 4) is 0 Å². The molecule has 118 valence electrons. The third-order valence-electron chi connectivity index (χ3n) is 2.31. The topological polar surface area (TPSA) is 111 Å². The molecular weight excluding hydrogens is 294 g/mol. The zero-order chi connectivity index (χ0) is 16.1. The van der Waals surface area contributed by atoms with Crippen LogP contribution in [0.2, 0.25) is 0 Å². The monoisotopic (exact) mass is 315 g/mol. The van der Waals surface area contributed by atoms with E-state index in [0.717, 1.165) is 5.69 Å². The smallest absolute Gasteiger partial charge is 0.407 e. The number of sulfonamides is 1. The van der Waals surface area contributed by atoms with E-state index in [4.69, 9.17) is 9.88 Å². The number of hydrogen-bond acceptors (Lipinski definition) is 5. The largest absolute Gasteiger partial charge is 0.444 e. The number of benzene rings is 1. The number of carbonyl (C=O) groups excluding carboxylic acids is 1. The predicted octanol–water partition coefficient (Wildman–Crippen LogP) is 1.27. The fourth-order valence-corrected chi connectivity index (χ4v) is 1.96. The Kier molecular flexibility index (Phi) is 5.56. The zero-order valence-electron chi connectivity index (χ0n) is 12.3. The van der Waals surface area contributed by atoms with Crippen molar-refractivity contribution in [1.82, 2.24) is 5.32 Å². The van der Waals surface area contributed by atoms with E-state index in [-0.39, 0.29) is 4.90 Å². The Hall–Kier alpha value is -1.80. The molecule has 1 aromatic rings. The van der Waals surface area contributed by atoms with E-state index in [1.54, 1.807) is 32.9 Å². The molecule has 0 aliphatic rings. The van der Waals surface area contributed by atoms with Gasteiger partial charge in [0.25, 0.3) is 0 Å². The van der Waals surface area contributed by atoms with Gasteiger partial charge in [-0.15, -0.1) is 0 Å². The Labute approximate surface area is 124 Å². The maximum atomic E-state index is 11.4. The molecule has 0 fully saturated rings. The molecule has 21 heavy (non-hydrogen) atoms. The Morgan fingerprint density at radius 3 is 2.24 bits per heavy atom. The number of rotatable bonds is 5. The van der Waals surface area contributed by atoms with Crippen LogP contribution < -0.4 is 15.8 Å². The number of alkyl carbamates (subject to hydrolysis) is 1. The van der Waals surface area contributed by atoms with Crippen LogP contribution in [0.25, 0.3) is 0 Å². The van der Waals surface area contributed by atoms with E-state index >= 15 is 0 Å². The molecule has 0 aliphatic heterocycles. The number of hydrogen-bond donors (Lipinski definition) is 3. The van der Waals surface area contributed by atoms with Gasteiger partial charge in [0, 0.05) is 18.8 Å². The number of ether oxygens (including phenoxy) is 1. The van der Waals surface area contributed by atoms with Crippen LogP contribution in [-0.2, 0) is 14.8 Å². The molecule has 4 N–H and O–H groups in total. The molecule has 0 heterocycles. The molecule has 0 unspecified atom stereocenters. The van der Waals surface area contributed by atoms with Gasteiger partial charge in [0.15, 0.2) is 0 Å². The lowest BCUT2D eigenvalue weighted by molar-refractivity contribution is 0.0530. The van der Waals surface area contributed by atoms with Crippen molar-refractivity contribution in [3.05, 3.63) is 24.3 Å². The van der Waals surface area contributed by atoms with Crippen molar-refractivity contribution in [1.29, 1.82) is 0 Å². The third-order valence-corrected chi connectivity index (χ3v) is 3.23. The lowest BCUT2D eigenvalue weighted by atomic mass is 10.2. The van der Waals surface area contributed by atoms with Crippen LogP contribution in [0.5, 0.6) is 0 Å². The SMILES string of the molecule is CC(C)(C)OC(=O)NCCNc1ccc(S(N)(=O)=O)cc1. The van der Waals surface area contributed by atoms with Crippen LogP contribution in [0.1, 0.15) is 20.8 Å². The van der Waals surface area contributed by atoms with Crippen molar-refractivity contribution in [2.75, 3.05) is 18.4 Å². The first-order valence-electron chi connectivity index (χ1n) is 6.41. The Morgan fingerprint density at radius 2 is 1.76 bits per heavy atom. The van der Waals surface area contributed by atoms with E-state index in [2.05, 4.69) is 10.6 Å². The molecule has 0 atom stereocenters. The van der Waals surface area contributed by atoms with Gasteiger partial charge in [-0.25, -0.2) is 18.4 Å². The zero-order valence-corrected chi connectivity index (χ0v) is 13.2. The summed E-state index contributed by atoms with van der Waals surface area (Å²) in [5, 5.41) is 10.6. The van der Waals surface area contributed by atoms with Gasteiger partial charge in [-0.05, 0) is 45.0 Å². The molecule has 0 saturated heterocycles. The Morgan fingerprint density at radius 1 is 1.19 bits per heavy atom. The van der Waals surface area contributed by atoms with Crippen LogP contribution in [-0.4, -0.2) is 33.2 Å². The molecule has 0 spiro atoms. The highest BCUT2D eigenvalue weighted by atomic mass is 32.2. The van der Waals surface area contributed by atoms with Gasteiger partial charge >= 0.3 is 6.09 Å². The summed E-state index contributed by atoms with van der Waals surface area (Å²) in [6.45, 7) is 6.23. The maximum Gasteiger partial charge on any atom is 0.407 e. The number of anilines is 1. The summed E-state index contributed by atoms with van der Waals surface area (Å²) < 4.78 is 27.3. The van der Waals surface area contributed by atoms with Crippen LogP contribution in [0.3, 0.4) is 0 Å². The standard InChI is InChI=1S/C13H21N3O4S/c1-13(2,3)20-12(17)16-9-8-15-10-4-6-11(7-5-10)21(14,18)19/h4-7,15H,8-9H2,1-3H3,(H,16,17)(H2,14,18,19). The van der Waals surface area contributed by atoms with Crippen molar-refractivity contribution in [2.24, 2.45) is 5.14 Å². The number of primary sulfonamides is 1. The molecule has 0 bridgehead atoms. The number of nitrogens with one attached hydrogen (secondary N) is 2. The van der Waals surface area contributed by atoms with E-state index in [0.29, 0.717) is 13.1 Å². The summed E-state index contributed by atoms with van der Waals surface area (Å²) in [5.41, 5.74) is 0.203. The second-order valence-corrected chi connectivity index (χ2v) is 6.99. The van der Waals surface area contributed by atoms with Gasteiger partial charge in [0.05, 0.1) is 4.90 Å². The highest BCUT2D eigenvalue weighted by molar-refractivity contribution is 7.89. The summed E-state index contributed by atoms with van der Waals surface area (Å²) in [6, 6.07) is 6.04. The van der Waals surface area contributed by atoms with Crippen molar-refractivity contribution in [2.45, 2.75) is 31.3 Å². The Bertz CT molecular complexity index is 576. The summed E-state index contributed by atoms with van der Waals surface area (Å²) >= 11 is 0. The first-order valence-corrected chi connectivity index (χ1v) is 7.96. The minimum atomic E-state index is -3.67. The molecule has 8 heteroatoms. The summed E-state index contributed by atoms with van der Waals surface area (Å²) in [5.74, 6) is 0. The number of nitrogens with two attached hydrogens (primary N) is 1. The van der Waals surface area contributed by atoms with E-state index in [1.165, 1.54) is 12.1 Å². The maximum absolute atomic E-state index is 11.4. The number of amides is 1. The van der Waals surface area contributed by atoms with Crippen LogP contribution in [0.4, 0.5) is 10.5 Å². The lowest BCUT2D eigenvalue weighted by Gasteiger charge is -2.19. The minimum Gasteiger partial charge on any atom is -0.444 e. The normalized spacial score (nSPS) is 11.8. The van der Waals surface area contributed by atoms with Crippen LogP contribution in [0, 0.1) is 0 Å². The summed E-state index contributed by atoms with van der Waals surface area (Å²) in [7, 11) is -3.67. The molecule has 0 saturated carbocycles.